The first-order valence-corrected chi connectivity index (χ1v) is 10.5. The molecule has 0 radical (unpaired) electrons. The summed E-state index contributed by atoms with van der Waals surface area (Å²) in [6.07, 6.45) is 1.09. The molecule has 1 unspecified atom stereocenters. The second-order valence-corrected chi connectivity index (χ2v) is 11.4. The Kier molecular flexibility index (Phi) is 5.89. The zero-order chi connectivity index (χ0) is 12.9. The van der Waals surface area contributed by atoms with Gasteiger partial charge < -0.3 is 4.43 Å². The van der Waals surface area contributed by atoms with Crippen LogP contribution in [0.25, 0.3) is 0 Å². The summed E-state index contributed by atoms with van der Waals surface area (Å²) < 4.78 is 7.47. The Balaban J connectivity index is 2.85. The molecule has 0 aliphatic rings. The summed E-state index contributed by atoms with van der Waals surface area (Å²) >= 11 is 2.43. The molecule has 0 amide bonds. The van der Waals surface area contributed by atoms with E-state index in [2.05, 4.69) is 73.5 Å². The van der Waals surface area contributed by atoms with Crippen molar-refractivity contribution in [3.05, 3.63) is 48.0 Å². The van der Waals surface area contributed by atoms with Crippen LogP contribution in [0.15, 0.2) is 42.5 Å². The lowest BCUT2D eigenvalue weighted by Gasteiger charge is -2.28. The highest BCUT2D eigenvalue weighted by molar-refractivity contribution is 14.1. The SMILES string of the molecule is C=C(C)CC(O[Si](C)(C)CI)c1ccccc1. The Labute approximate surface area is 120 Å². The van der Waals surface area contributed by atoms with Gasteiger partial charge in [-0.05, 0) is 32.0 Å². The van der Waals surface area contributed by atoms with Crippen molar-refractivity contribution in [1.29, 1.82) is 0 Å². The fourth-order valence-corrected chi connectivity index (χ4v) is 3.22. The van der Waals surface area contributed by atoms with E-state index in [0.717, 1.165) is 10.5 Å². The molecule has 0 saturated heterocycles. The lowest BCUT2D eigenvalue weighted by Crippen LogP contribution is -2.34. The Morgan fingerprint density at radius 3 is 2.41 bits per heavy atom. The topological polar surface area (TPSA) is 9.23 Å². The molecule has 94 valence electrons. The third-order valence-electron chi connectivity index (χ3n) is 2.49. The monoisotopic (exact) mass is 360 g/mol. The molecule has 1 atom stereocenters. The molecule has 0 N–H and O–H groups in total. The average molecular weight is 360 g/mol. The van der Waals surface area contributed by atoms with Crippen LogP contribution in [0.2, 0.25) is 13.1 Å². The number of halogens is 1. The van der Waals surface area contributed by atoms with Gasteiger partial charge in [-0.15, -0.1) is 6.58 Å². The zero-order valence-electron chi connectivity index (χ0n) is 10.9. The Morgan fingerprint density at radius 1 is 1.35 bits per heavy atom. The van der Waals surface area contributed by atoms with Gasteiger partial charge in [-0.3, -0.25) is 0 Å². The average Bonchev–Trinajstić information content (AvgIpc) is 2.28. The summed E-state index contributed by atoms with van der Waals surface area (Å²) in [6.45, 7) is 10.6. The van der Waals surface area contributed by atoms with Gasteiger partial charge in [-0.2, -0.15) is 0 Å². The van der Waals surface area contributed by atoms with Crippen LogP contribution >= 0.6 is 22.6 Å². The molecule has 0 fully saturated rings. The summed E-state index contributed by atoms with van der Waals surface area (Å²) in [5.74, 6) is 0. The third-order valence-corrected chi connectivity index (χ3v) is 9.57. The molecule has 1 aromatic carbocycles. The van der Waals surface area contributed by atoms with E-state index in [1.165, 1.54) is 11.1 Å². The first-order valence-electron chi connectivity index (χ1n) is 5.88. The standard InChI is InChI=1S/C14H21IOSi/c1-12(2)10-14(16-17(3,4)11-15)13-8-6-5-7-9-13/h5-9,14H,1,10-11H2,2-4H3. The summed E-state index contributed by atoms with van der Waals surface area (Å²) in [6, 6.07) is 10.5. The molecule has 0 saturated carbocycles. The van der Waals surface area contributed by atoms with Crippen molar-refractivity contribution in [2.75, 3.05) is 4.05 Å². The molecule has 17 heavy (non-hydrogen) atoms. The first kappa shape index (κ1) is 14.9. The number of hydrogen-bond acceptors (Lipinski definition) is 1. The maximum Gasteiger partial charge on any atom is 0.197 e. The van der Waals surface area contributed by atoms with Crippen LogP contribution in [0.3, 0.4) is 0 Å². The smallest absolute Gasteiger partial charge is 0.197 e. The highest BCUT2D eigenvalue weighted by Crippen LogP contribution is 2.28. The number of hydrogen-bond donors (Lipinski definition) is 0. The van der Waals surface area contributed by atoms with E-state index in [1.54, 1.807) is 0 Å². The van der Waals surface area contributed by atoms with E-state index in [1.807, 2.05) is 6.07 Å². The molecular formula is C14H21IOSi. The van der Waals surface area contributed by atoms with Crippen LogP contribution in [-0.4, -0.2) is 12.4 Å². The second kappa shape index (κ2) is 6.71. The molecule has 0 aliphatic heterocycles. The summed E-state index contributed by atoms with van der Waals surface area (Å²) in [4.78, 5) is 0. The van der Waals surface area contributed by atoms with Gasteiger partial charge in [0.1, 0.15) is 0 Å². The molecular weight excluding hydrogens is 339 g/mol. The van der Waals surface area contributed by atoms with Crippen molar-refractivity contribution in [2.45, 2.75) is 32.5 Å². The molecule has 1 aromatic rings. The lowest BCUT2D eigenvalue weighted by atomic mass is 10.0. The van der Waals surface area contributed by atoms with Crippen molar-refractivity contribution < 1.29 is 4.43 Å². The zero-order valence-corrected chi connectivity index (χ0v) is 14.0. The highest BCUT2D eigenvalue weighted by Gasteiger charge is 2.26. The van der Waals surface area contributed by atoms with E-state index < -0.39 is 8.32 Å². The van der Waals surface area contributed by atoms with Crippen molar-refractivity contribution in [2.24, 2.45) is 0 Å². The number of rotatable bonds is 6. The summed E-state index contributed by atoms with van der Waals surface area (Å²) in [5.41, 5.74) is 2.44. The van der Waals surface area contributed by atoms with Gasteiger partial charge in [0.25, 0.3) is 0 Å². The molecule has 1 nitrogen and oxygen atoms in total. The Morgan fingerprint density at radius 2 is 1.94 bits per heavy atom. The molecule has 0 aromatic heterocycles. The predicted octanol–water partition coefficient (Wildman–Crippen LogP) is 4.89. The van der Waals surface area contributed by atoms with Gasteiger partial charge in [0.15, 0.2) is 8.32 Å². The van der Waals surface area contributed by atoms with E-state index >= 15 is 0 Å². The quantitative estimate of drug-likeness (QED) is 0.304. The van der Waals surface area contributed by atoms with Crippen LogP contribution in [-0.2, 0) is 4.43 Å². The van der Waals surface area contributed by atoms with Crippen LogP contribution in [0.5, 0.6) is 0 Å². The van der Waals surface area contributed by atoms with Crippen LogP contribution < -0.4 is 0 Å². The molecule has 1 rings (SSSR count). The number of benzene rings is 1. The normalized spacial score (nSPS) is 13.4. The van der Waals surface area contributed by atoms with Gasteiger partial charge >= 0.3 is 0 Å². The van der Waals surface area contributed by atoms with E-state index in [9.17, 15) is 0 Å². The minimum Gasteiger partial charge on any atom is -0.409 e. The molecule has 0 heterocycles. The van der Waals surface area contributed by atoms with Crippen LogP contribution in [0, 0.1) is 0 Å². The molecule has 0 aliphatic carbocycles. The highest BCUT2D eigenvalue weighted by atomic mass is 127. The van der Waals surface area contributed by atoms with Gasteiger partial charge in [0.05, 0.1) is 6.10 Å². The third kappa shape index (κ3) is 5.36. The lowest BCUT2D eigenvalue weighted by molar-refractivity contribution is 0.198. The minimum absolute atomic E-state index is 0.171. The Hall–Kier alpha value is -0.133. The van der Waals surface area contributed by atoms with E-state index in [4.69, 9.17) is 4.43 Å². The van der Waals surface area contributed by atoms with Crippen molar-refractivity contribution in [1.82, 2.24) is 0 Å². The minimum atomic E-state index is -1.54. The van der Waals surface area contributed by atoms with Crippen molar-refractivity contribution in [3.8, 4) is 0 Å². The van der Waals surface area contributed by atoms with Gasteiger partial charge in [-0.25, -0.2) is 0 Å². The second-order valence-electron chi connectivity index (χ2n) is 5.07. The summed E-state index contributed by atoms with van der Waals surface area (Å²) in [7, 11) is -1.54. The van der Waals surface area contributed by atoms with Crippen LogP contribution in [0.1, 0.15) is 25.0 Å². The van der Waals surface area contributed by atoms with E-state index in [0.29, 0.717) is 0 Å². The largest absolute Gasteiger partial charge is 0.409 e. The molecule has 0 spiro atoms. The van der Waals surface area contributed by atoms with Gasteiger partial charge in [0, 0.05) is 4.05 Å². The van der Waals surface area contributed by atoms with Gasteiger partial charge in [0.2, 0.25) is 0 Å². The van der Waals surface area contributed by atoms with E-state index in [-0.39, 0.29) is 6.10 Å². The predicted molar refractivity (Wildman–Crippen MR) is 86.1 cm³/mol. The van der Waals surface area contributed by atoms with Crippen LogP contribution in [0.4, 0.5) is 0 Å². The summed E-state index contributed by atoms with van der Waals surface area (Å²) in [5, 5.41) is 0. The van der Waals surface area contributed by atoms with Gasteiger partial charge in [-0.1, -0.05) is 58.5 Å². The van der Waals surface area contributed by atoms with Crippen molar-refractivity contribution in [3.63, 3.8) is 0 Å². The maximum atomic E-state index is 6.35. The Bertz CT molecular complexity index is 362. The first-order chi connectivity index (χ1) is 7.94. The maximum absolute atomic E-state index is 6.35. The molecule has 3 heteroatoms. The number of alkyl halides is 1. The molecule has 0 bridgehead atoms. The van der Waals surface area contributed by atoms with Crippen molar-refractivity contribution >= 4 is 30.9 Å². The fraction of sp³-hybridized carbons (Fsp3) is 0.429. The fourth-order valence-electron chi connectivity index (χ4n) is 1.63.